The second-order valence-corrected chi connectivity index (χ2v) is 6.10. The molecule has 0 saturated heterocycles. The fourth-order valence-corrected chi connectivity index (χ4v) is 2.82. The number of methoxy groups -OCH3 is 3. The Labute approximate surface area is 159 Å². The maximum atomic E-state index is 12.5. The van der Waals surface area contributed by atoms with Gasteiger partial charge in [-0.05, 0) is 41.8 Å². The number of amides is 1. The second-order valence-electron chi connectivity index (χ2n) is 6.10. The Morgan fingerprint density at radius 1 is 1.04 bits per heavy atom. The summed E-state index contributed by atoms with van der Waals surface area (Å²) in [5.41, 5.74) is 2.45. The lowest BCUT2D eigenvalue weighted by molar-refractivity contribution is -0.130. The maximum absolute atomic E-state index is 12.5. The molecule has 0 atom stereocenters. The van der Waals surface area contributed by atoms with E-state index in [0.29, 0.717) is 42.2 Å². The number of nitrogens with zero attached hydrogens (tertiary/aromatic N) is 2. The first-order valence-corrected chi connectivity index (χ1v) is 8.54. The maximum Gasteiger partial charge on any atom is 0.222 e. The fourth-order valence-electron chi connectivity index (χ4n) is 2.82. The molecule has 0 bridgehead atoms. The van der Waals surface area contributed by atoms with Gasteiger partial charge in [-0.3, -0.25) is 4.79 Å². The van der Waals surface area contributed by atoms with E-state index >= 15 is 0 Å². The molecule has 2 aromatic rings. The summed E-state index contributed by atoms with van der Waals surface area (Å²) in [5.74, 6) is 1.69. The number of benzene rings is 2. The molecule has 0 aliphatic rings. The summed E-state index contributed by atoms with van der Waals surface area (Å²) in [5, 5.41) is 8.98. The van der Waals surface area contributed by atoms with E-state index < -0.39 is 0 Å². The van der Waals surface area contributed by atoms with Crippen LogP contribution in [0.3, 0.4) is 0 Å². The minimum atomic E-state index is 0.0195. The van der Waals surface area contributed by atoms with Crippen molar-refractivity contribution in [2.75, 3.05) is 28.4 Å². The highest BCUT2D eigenvalue weighted by Gasteiger charge is 2.15. The molecule has 0 aliphatic heterocycles. The number of ether oxygens (including phenoxy) is 3. The van der Waals surface area contributed by atoms with Crippen LogP contribution in [0.15, 0.2) is 36.4 Å². The van der Waals surface area contributed by atoms with Gasteiger partial charge in [0.2, 0.25) is 11.7 Å². The molecule has 0 heterocycles. The van der Waals surface area contributed by atoms with Crippen molar-refractivity contribution >= 4 is 5.91 Å². The molecule has 0 aliphatic carbocycles. The zero-order valence-electron chi connectivity index (χ0n) is 16.1. The third-order valence-electron chi connectivity index (χ3n) is 4.25. The van der Waals surface area contributed by atoms with Crippen molar-refractivity contribution in [2.45, 2.75) is 19.4 Å². The molecule has 0 saturated carbocycles. The van der Waals surface area contributed by atoms with Gasteiger partial charge in [-0.1, -0.05) is 12.1 Å². The minimum absolute atomic E-state index is 0.0195. The topological polar surface area (TPSA) is 71.8 Å². The Bertz CT molecular complexity index is 817. The lowest BCUT2D eigenvalue weighted by Crippen LogP contribution is -2.26. The molecule has 1 amide bonds. The average Bonchev–Trinajstić information content (AvgIpc) is 2.70. The molecule has 142 valence electrons. The molecular weight excluding hydrogens is 344 g/mol. The summed E-state index contributed by atoms with van der Waals surface area (Å²) in [6, 6.07) is 13.1. The number of carbonyl (C=O) groups excluding carboxylic acids is 1. The standard InChI is InChI=1S/C21H24N2O4/c1-23(14-17-7-5-6-16(10-17)13-22)20(24)9-8-15-11-18(25-2)21(27-4)19(12-15)26-3/h5-7,10-12H,8-9,14H2,1-4H3. The number of rotatable bonds is 8. The molecule has 0 fully saturated rings. The lowest BCUT2D eigenvalue weighted by Gasteiger charge is -2.18. The van der Waals surface area contributed by atoms with E-state index in [1.54, 1.807) is 45.4 Å². The monoisotopic (exact) mass is 368 g/mol. The normalized spacial score (nSPS) is 10.0. The molecule has 6 heteroatoms. The third-order valence-corrected chi connectivity index (χ3v) is 4.25. The molecule has 6 nitrogen and oxygen atoms in total. The molecule has 2 rings (SSSR count). The minimum Gasteiger partial charge on any atom is -0.493 e. The smallest absolute Gasteiger partial charge is 0.222 e. The Morgan fingerprint density at radius 3 is 2.26 bits per heavy atom. The van der Waals surface area contributed by atoms with Crippen molar-refractivity contribution in [2.24, 2.45) is 0 Å². The van der Waals surface area contributed by atoms with E-state index in [0.717, 1.165) is 11.1 Å². The predicted molar refractivity (Wildman–Crippen MR) is 102 cm³/mol. The third kappa shape index (κ3) is 5.14. The van der Waals surface area contributed by atoms with Crippen LogP contribution in [-0.4, -0.2) is 39.2 Å². The van der Waals surface area contributed by atoms with Gasteiger partial charge in [-0.25, -0.2) is 0 Å². The van der Waals surface area contributed by atoms with Crippen molar-refractivity contribution in [1.82, 2.24) is 4.90 Å². The highest BCUT2D eigenvalue weighted by molar-refractivity contribution is 5.76. The van der Waals surface area contributed by atoms with Crippen molar-refractivity contribution in [3.8, 4) is 23.3 Å². The average molecular weight is 368 g/mol. The summed E-state index contributed by atoms with van der Waals surface area (Å²) in [6.07, 6.45) is 0.908. The highest BCUT2D eigenvalue weighted by Crippen LogP contribution is 2.38. The molecule has 27 heavy (non-hydrogen) atoms. The zero-order chi connectivity index (χ0) is 19.8. The van der Waals surface area contributed by atoms with E-state index in [1.165, 1.54) is 0 Å². The molecule has 0 unspecified atom stereocenters. The molecule has 0 radical (unpaired) electrons. The van der Waals surface area contributed by atoms with Gasteiger partial charge >= 0.3 is 0 Å². The van der Waals surface area contributed by atoms with Crippen LogP contribution < -0.4 is 14.2 Å². The Balaban J connectivity index is 2.03. The van der Waals surface area contributed by atoms with Gasteiger partial charge in [-0.15, -0.1) is 0 Å². The Morgan fingerprint density at radius 2 is 1.70 bits per heavy atom. The van der Waals surface area contributed by atoms with Gasteiger partial charge in [0.05, 0.1) is 33.0 Å². The quantitative estimate of drug-likeness (QED) is 0.716. The molecule has 0 aromatic heterocycles. The van der Waals surface area contributed by atoms with Crippen molar-refractivity contribution < 1.29 is 19.0 Å². The first-order chi connectivity index (χ1) is 13.0. The van der Waals surface area contributed by atoms with Crippen LogP contribution in [0.5, 0.6) is 17.2 Å². The summed E-state index contributed by atoms with van der Waals surface area (Å²) in [7, 11) is 6.45. The van der Waals surface area contributed by atoms with Gasteiger partial charge in [0.15, 0.2) is 11.5 Å². The van der Waals surface area contributed by atoms with Gasteiger partial charge in [0.25, 0.3) is 0 Å². The van der Waals surface area contributed by atoms with Gasteiger partial charge in [0.1, 0.15) is 0 Å². The number of carbonyl (C=O) groups is 1. The molecule has 0 N–H and O–H groups in total. The van der Waals surface area contributed by atoms with E-state index in [1.807, 2.05) is 24.3 Å². The van der Waals surface area contributed by atoms with Crippen LogP contribution in [0.25, 0.3) is 0 Å². The number of aryl methyl sites for hydroxylation is 1. The number of nitriles is 1. The van der Waals surface area contributed by atoms with Crippen LogP contribution in [0, 0.1) is 11.3 Å². The lowest BCUT2D eigenvalue weighted by atomic mass is 10.1. The fraction of sp³-hybridized carbons (Fsp3) is 0.333. The van der Waals surface area contributed by atoms with Crippen molar-refractivity contribution in [1.29, 1.82) is 5.26 Å². The highest BCUT2D eigenvalue weighted by atomic mass is 16.5. The molecule has 0 spiro atoms. The number of hydrogen-bond donors (Lipinski definition) is 0. The first kappa shape index (κ1) is 20.1. The molecule has 2 aromatic carbocycles. The predicted octanol–water partition coefficient (Wildman–Crippen LogP) is 3.18. The van der Waals surface area contributed by atoms with Crippen LogP contribution >= 0.6 is 0 Å². The molecular formula is C21H24N2O4. The van der Waals surface area contributed by atoms with Gasteiger partial charge in [0, 0.05) is 20.0 Å². The summed E-state index contributed by atoms with van der Waals surface area (Å²) >= 11 is 0. The Hall–Kier alpha value is -3.20. The zero-order valence-corrected chi connectivity index (χ0v) is 16.1. The van der Waals surface area contributed by atoms with E-state index in [9.17, 15) is 4.79 Å². The van der Waals surface area contributed by atoms with Crippen LogP contribution in [0.4, 0.5) is 0 Å². The largest absolute Gasteiger partial charge is 0.493 e. The first-order valence-electron chi connectivity index (χ1n) is 8.54. The van der Waals surface area contributed by atoms with E-state index in [4.69, 9.17) is 19.5 Å². The van der Waals surface area contributed by atoms with Crippen LogP contribution in [0.1, 0.15) is 23.1 Å². The van der Waals surface area contributed by atoms with Gasteiger partial charge < -0.3 is 19.1 Å². The van der Waals surface area contributed by atoms with Gasteiger partial charge in [-0.2, -0.15) is 5.26 Å². The van der Waals surface area contributed by atoms with E-state index in [2.05, 4.69) is 6.07 Å². The van der Waals surface area contributed by atoms with Crippen molar-refractivity contribution in [3.05, 3.63) is 53.1 Å². The van der Waals surface area contributed by atoms with E-state index in [-0.39, 0.29) is 5.91 Å². The second kappa shape index (κ2) is 9.48. The summed E-state index contributed by atoms with van der Waals surface area (Å²) in [6.45, 7) is 0.462. The Kier molecular flexibility index (Phi) is 7.07. The summed E-state index contributed by atoms with van der Waals surface area (Å²) in [4.78, 5) is 14.1. The van der Waals surface area contributed by atoms with Crippen LogP contribution in [-0.2, 0) is 17.8 Å². The SMILES string of the molecule is COc1cc(CCC(=O)N(C)Cc2cccc(C#N)c2)cc(OC)c1OC. The number of hydrogen-bond acceptors (Lipinski definition) is 5. The van der Waals surface area contributed by atoms with Crippen LogP contribution in [0.2, 0.25) is 0 Å². The summed E-state index contributed by atoms with van der Waals surface area (Å²) < 4.78 is 16.0. The van der Waals surface area contributed by atoms with Crippen molar-refractivity contribution in [3.63, 3.8) is 0 Å².